The minimum Gasteiger partial charge on any atom is -0.497 e. The number of rotatable bonds is 4. The highest BCUT2D eigenvalue weighted by molar-refractivity contribution is 5.37. The first-order valence-corrected chi connectivity index (χ1v) is 7.12. The van der Waals surface area contributed by atoms with Crippen LogP contribution in [0.3, 0.4) is 0 Å². The summed E-state index contributed by atoms with van der Waals surface area (Å²) in [7, 11) is 1.73. The summed E-state index contributed by atoms with van der Waals surface area (Å²) in [6.45, 7) is 5.48. The molecular formula is C16H25NO. The van der Waals surface area contributed by atoms with E-state index in [9.17, 15) is 0 Å². The van der Waals surface area contributed by atoms with E-state index in [1.807, 2.05) is 0 Å². The molecule has 0 amide bonds. The highest BCUT2D eigenvalue weighted by atomic mass is 16.5. The first-order chi connectivity index (χ1) is 8.74. The first kappa shape index (κ1) is 13.4. The first-order valence-electron chi connectivity index (χ1n) is 7.12. The van der Waals surface area contributed by atoms with Gasteiger partial charge in [-0.1, -0.05) is 19.4 Å². The number of hydrogen-bond acceptors (Lipinski definition) is 2. The Morgan fingerprint density at radius 2 is 2.17 bits per heavy atom. The maximum atomic E-state index is 5.28. The van der Waals surface area contributed by atoms with Gasteiger partial charge in [0.2, 0.25) is 0 Å². The zero-order valence-corrected chi connectivity index (χ0v) is 11.8. The lowest BCUT2D eigenvalue weighted by molar-refractivity contribution is 0.343. The molecule has 0 bridgehead atoms. The molecule has 2 rings (SSSR count). The smallest absolute Gasteiger partial charge is 0.119 e. The third-order valence-corrected chi connectivity index (χ3v) is 4.08. The Balaban J connectivity index is 2.10. The Bertz CT molecular complexity index is 387. The molecule has 2 nitrogen and oxygen atoms in total. The fourth-order valence-corrected chi connectivity index (χ4v) is 3.18. The van der Waals surface area contributed by atoms with Gasteiger partial charge in [0.15, 0.2) is 0 Å². The molecule has 1 saturated carbocycles. The topological polar surface area (TPSA) is 21.3 Å². The SMILES string of the molecule is CCNC1CCCC(c2ccc(OC)cc2C)C1. The van der Waals surface area contributed by atoms with Gasteiger partial charge in [-0.25, -0.2) is 0 Å². The average Bonchev–Trinajstić information content (AvgIpc) is 2.39. The number of hydrogen-bond donors (Lipinski definition) is 1. The molecule has 0 radical (unpaired) electrons. The molecule has 100 valence electrons. The highest BCUT2D eigenvalue weighted by Crippen LogP contribution is 2.35. The van der Waals surface area contributed by atoms with Gasteiger partial charge in [-0.2, -0.15) is 0 Å². The molecule has 2 unspecified atom stereocenters. The van der Waals surface area contributed by atoms with Crippen molar-refractivity contribution in [3.8, 4) is 5.75 Å². The molecule has 0 aromatic heterocycles. The third-order valence-electron chi connectivity index (χ3n) is 4.08. The summed E-state index contributed by atoms with van der Waals surface area (Å²) >= 11 is 0. The Morgan fingerprint density at radius 1 is 1.33 bits per heavy atom. The van der Waals surface area contributed by atoms with Gasteiger partial charge >= 0.3 is 0 Å². The monoisotopic (exact) mass is 247 g/mol. The van der Waals surface area contributed by atoms with Gasteiger partial charge in [-0.05, 0) is 61.9 Å². The molecule has 0 spiro atoms. The molecule has 1 aliphatic carbocycles. The predicted octanol–water partition coefficient (Wildman–Crippen LogP) is 3.64. The number of benzene rings is 1. The van der Waals surface area contributed by atoms with Crippen molar-refractivity contribution in [3.05, 3.63) is 29.3 Å². The fourth-order valence-electron chi connectivity index (χ4n) is 3.18. The maximum Gasteiger partial charge on any atom is 0.119 e. The van der Waals surface area contributed by atoms with E-state index in [2.05, 4.69) is 37.4 Å². The van der Waals surface area contributed by atoms with Crippen LogP contribution in [0.1, 0.15) is 49.7 Å². The van der Waals surface area contributed by atoms with Crippen LogP contribution in [0.5, 0.6) is 5.75 Å². The molecule has 1 N–H and O–H groups in total. The van der Waals surface area contributed by atoms with Gasteiger partial charge < -0.3 is 10.1 Å². The Hall–Kier alpha value is -1.02. The highest BCUT2D eigenvalue weighted by Gasteiger charge is 2.23. The number of aryl methyl sites for hydroxylation is 1. The molecule has 0 saturated heterocycles. The van der Waals surface area contributed by atoms with Crippen molar-refractivity contribution in [3.63, 3.8) is 0 Å². The van der Waals surface area contributed by atoms with E-state index >= 15 is 0 Å². The molecule has 1 aromatic rings. The van der Waals surface area contributed by atoms with E-state index in [0.29, 0.717) is 12.0 Å². The summed E-state index contributed by atoms with van der Waals surface area (Å²) in [4.78, 5) is 0. The standard InChI is InChI=1S/C16H25NO/c1-4-17-14-7-5-6-13(11-14)16-9-8-15(18-3)10-12(16)2/h8-10,13-14,17H,4-7,11H2,1-3H3. The Kier molecular flexibility index (Phi) is 4.65. The van der Waals surface area contributed by atoms with Gasteiger partial charge in [0.25, 0.3) is 0 Å². The van der Waals surface area contributed by atoms with Crippen molar-refractivity contribution >= 4 is 0 Å². The minimum atomic E-state index is 0.704. The number of nitrogens with one attached hydrogen (secondary N) is 1. The van der Waals surface area contributed by atoms with Crippen molar-refractivity contribution in [1.82, 2.24) is 5.32 Å². The summed E-state index contributed by atoms with van der Waals surface area (Å²) in [6.07, 6.45) is 5.28. The number of ether oxygens (including phenoxy) is 1. The van der Waals surface area contributed by atoms with Crippen LogP contribution in [0.15, 0.2) is 18.2 Å². The second-order valence-electron chi connectivity index (χ2n) is 5.34. The van der Waals surface area contributed by atoms with Gasteiger partial charge in [-0.3, -0.25) is 0 Å². The average molecular weight is 247 g/mol. The van der Waals surface area contributed by atoms with Crippen molar-refractivity contribution in [2.45, 2.75) is 51.5 Å². The second-order valence-corrected chi connectivity index (χ2v) is 5.34. The molecule has 2 atom stereocenters. The van der Waals surface area contributed by atoms with Crippen LogP contribution in [-0.2, 0) is 0 Å². The van der Waals surface area contributed by atoms with Crippen LogP contribution >= 0.6 is 0 Å². The maximum absolute atomic E-state index is 5.28. The van der Waals surface area contributed by atoms with Crippen molar-refractivity contribution in [2.24, 2.45) is 0 Å². The Morgan fingerprint density at radius 3 is 2.83 bits per heavy atom. The predicted molar refractivity (Wildman–Crippen MR) is 76.4 cm³/mol. The Labute approximate surface area is 111 Å². The van der Waals surface area contributed by atoms with E-state index < -0.39 is 0 Å². The summed E-state index contributed by atoms with van der Waals surface area (Å²) < 4.78 is 5.28. The quantitative estimate of drug-likeness (QED) is 0.877. The normalized spacial score (nSPS) is 23.9. The van der Waals surface area contributed by atoms with Crippen LogP contribution in [0, 0.1) is 6.92 Å². The lowest BCUT2D eigenvalue weighted by Crippen LogP contribution is -2.33. The molecule has 0 heterocycles. The van der Waals surface area contributed by atoms with E-state index in [0.717, 1.165) is 12.3 Å². The van der Waals surface area contributed by atoms with Gasteiger partial charge in [0.1, 0.15) is 5.75 Å². The van der Waals surface area contributed by atoms with Gasteiger partial charge in [-0.15, -0.1) is 0 Å². The molecule has 0 aliphatic heterocycles. The van der Waals surface area contributed by atoms with Crippen LogP contribution in [0.2, 0.25) is 0 Å². The van der Waals surface area contributed by atoms with Crippen molar-refractivity contribution in [2.75, 3.05) is 13.7 Å². The zero-order chi connectivity index (χ0) is 13.0. The van der Waals surface area contributed by atoms with Gasteiger partial charge in [0, 0.05) is 6.04 Å². The van der Waals surface area contributed by atoms with Crippen LogP contribution in [-0.4, -0.2) is 19.7 Å². The molecule has 18 heavy (non-hydrogen) atoms. The number of methoxy groups -OCH3 is 1. The summed E-state index contributed by atoms with van der Waals surface area (Å²) in [5, 5.41) is 3.60. The molecule has 2 heteroatoms. The molecule has 1 aliphatic rings. The molecule has 1 fully saturated rings. The van der Waals surface area contributed by atoms with E-state index in [4.69, 9.17) is 4.74 Å². The fraction of sp³-hybridized carbons (Fsp3) is 0.625. The summed E-state index contributed by atoms with van der Waals surface area (Å²) in [6, 6.07) is 7.22. The van der Waals surface area contributed by atoms with E-state index in [1.165, 1.54) is 36.8 Å². The van der Waals surface area contributed by atoms with Gasteiger partial charge in [0.05, 0.1) is 7.11 Å². The van der Waals surface area contributed by atoms with E-state index in [-0.39, 0.29) is 0 Å². The van der Waals surface area contributed by atoms with Crippen LogP contribution in [0.4, 0.5) is 0 Å². The zero-order valence-electron chi connectivity index (χ0n) is 11.8. The summed E-state index contributed by atoms with van der Waals surface area (Å²) in [5.41, 5.74) is 2.88. The van der Waals surface area contributed by atoms with Crippen molar-refractivity contribution < 1.29 is 4.74 Å². The summed E-state index contributed by atoms with van der Waals surface area (Å²) in [5.74, 6) is 1.68. The third kappa shape index (κ3) is 3.05. The molecule has 1 aromatic carbocycles. The second kappa shape index (κ2) is 6.24. The van der Waals surface area contributed by atoms with Crippen molar-refractivity contribution in [1.29, 1.82) is 0 Å². The lowest BCUT2D eigenvalue weighted by Gasteiger charge is -2.31. The van der Waals surface area contributed by atoms with Crippen LogP contribution in [0.25, 0.3) is 0 Å². The van der Waals surface area contributed by atoms with Crippen LogP contribution < -0.4 is 10.1 Å². The molecular weight excluding hydrogens is 222 g/mol. The lowest BCUT2D eigenvalue weighted by atomic mass is 9.80. The minimum absolute atomic E-state index is 0.704. The van der Waals surface area contributed by atoms with E-state index in [1.54, 1.807) is 7.11 Å². The largest absolute Gasteiger partial charge is 0.497 e.